The van der Waals surface area contributed by atoms with Gasteiger partial charge in [-0.25, -0.2) is 9.97 Å². The summed E-state index contributed by atoms with van der Waals surface area (Å²) in [7, 11) is 3.30. The number of nitrogens with one attached hydrogen (secondary N) is 1. The monoisotopic (exact) mass is 397 g/mol. The lowest BCUT2D eigenvalue weighted by Gasteiger charge is -2.06. The van der Waals surface area contributed by atoms with Gasteiger partial charge in [-0.05, 0) is 31.0 Å². The zero-order chi connectivity index (χ0) is 20.0. The van der Waals surface area contributed by atoms with Crippen LogP contribution in [0.1, 0.15) is 11.1 Å². The van der Waals surface area contributed by atoms with E-state index >= 15 is 0 Å². The van der Waals surface area contributed by atoms with E-state index in [1.807, 2.05) is 26.0 Å². The van der Waals surface area contributed by atoms with E-state index in [4.69, 9.17) is 4.74 Å². The fraction of sp³-hybridized carbons (Fsp3) is 0.263. The van der Waals surface area contributed by atoms with Crippen LogP contribution in [0.2, 0.25) is 0 Å². The highest BCUT2D eigenvalue weighted by atomic mass is 32.1. The highest BCUT2D eigenvalue weighted by molar-refractivity contribution is 7.22. The first kappa shape index (κ1) is 18.2. The molecule has 1 amide bonds. The van der Waals surface area contributed by atoms with E-state index < -0.39 is 0 Å². The van der Waals surface area contributed by atoms with E-state index in [1.54, 1.807) is 24.9 Å². The third kappa shape index (κ3) is 3.03. The first-order valence-corrected chi connectivity index (χ1v) is 9.45. The first-order valence-electron chi connectivity index (χ1n) is 8.63. The normalized spacial score (nSPS) is 11.3. The van der Waals surface area contributed by atoms with Crippen molar-refractivity contribution in [1.29, 1.82) is 0 Å². The van der Waals surface area contributed by atoms with Gasteiger partial charge in [0.05, 0.1) is 29.2 Å². The van der Waals surface area contributed by atoms with Crippen LogP contribution in [0.25, 0.3) is 21.3 Å². The molecule has 0 fully saturated rings. The summed E-state index contributed by atoms with van der Waals surface area (Å²) < 4.78 is 9.35. The number of rotatable bonds is 4. The van der Waals surface area contributed by atoms with Crippen molar-refractivity contribution in [3.63, 3.8) is 0 Å². The molecule has 9 heteroatoms. The van der Waals surface area contributed by atoms with Crippen LogP contribution < -0.4 is 15.6 Å². The van der Waals surface area contributed by atoms with Crippen molar-refractivity contribution in [2.45, 2.75) is 20.4 Å². The number of hydrogen-bond acceptors (Lipinski definition) is 6. The topological polar surface area (TPSA) is 91.0 Å². The number of imidazole rings is 1. The molecule has 0 aliphatic rings. The van der Waals surface area contributed by atoms with Crippen LogP contribution in [-0.2, 0) is 18.4 Å². The third-order valence-corrected chi connectivity index (χ3v) is 5.52. The molecule has 0 spiro atoms. The minimum Gasteiger partial charge on any atom is -0.496 e. The van der Waals surface area contributed by atoms with Crippen LogP contribution >= 0.6 is 11.3 Å². The van der Waals surface area contributed by atoms with E-state index in [0.29, 0.717) is 16.2 Å². The SMILES string of the molecule is COc1cc2nc(NC(=O)Cn3cnc4c(C)cn(C)c(=O)c43)sc2cc1C. The minimum atomic E-state index is -0.273. The van der Waals surface area contributed by atoms with Crippen molar-refractivity contribution in [2.75, 3.05) is 12.4 Å². The summed E-state index contributed by atoms with van der Waals surface area (Å²) in [6, 6.07) is 3.84. The number of amides is 1. The van der Waals surface area contributed by atoms with Crippen LogP contribution in [-0.4, -0.2) is 32.1 Å². The molecule has 3 heterocycles. The van der Waals surface area contributed by atoms with Crippen LogP contribution in [0.3, 0.4) is 0 Å². The van der Waals surface area contributed by atoms with Crippen molar-refractivity contribution in [3.8, 4) is 5.75 Å². The van der Waals surface area contributed by atoms with E-state index in [0.717, 1.165) is 27.1 Å². The van der Waals surface area contributed by atoms with E-state index in [-0.39, 0.29) is 18.0 Å². The van der Waals surface area contributed by atoms with Crippen molar-refractivity contribution in [2.24, 2.45) is 7.05 Å². The number of nitrogens with zero attached hydrogens (tertiary/aromatic N) is 4. The number of carbonyl (C=O) groups excluding carboxylic acids is 1. The van der Waals surface area contributed by atoms with Crippen LogP contribution in [0.4, 0.5) is 5.13 Å². The molecule has 0 bridgehead atoms. The quantitative estimate of drug-likeness (QED) is 0.572. The molecule has 8 nitrogen and oxygen atoms in total. The molecule has 28 heavy (non-hydrogen) atoms. The molecule has 1 N–H and O–H groups in total. The number of methoxy groups -OCH3 is 1. The lowest BCUT2D eigenvalue weighted by molar-refractivity contribution is -0.116. The Labute approximate surface area is 164 Å². The zero-order valence-electron chi connectivity index (χ0n) is 15.9. The second kappa shape index (κ2) is 6.75. The highest BCUT2D eigenvalue weighted by Gasteiger charge is 2.15. The number of carbonyl (C=O) groups is 1. The van der Waals surface area contributed by atoms with E-state index in [2.05, 4.69) is 15.3 Å². The molecule has 0 aliphatic carbocycles. The summed E-state index contributed by atoms with van der Waals surface area (Å²) >= 11 is 1.39. The van der Waals surface area contributed by atoms with Crippen molar-refractivity contribution >= 4 is 43.6 Å². The van der Waals surface area contributed by atoms with Gasteiger partial charge in [0.25, 0.3) is 5.56 Å². The number of ether oxygens (including phenoxy) is 1. The zero-order valence-corrected chi connectivity index (χ0v) is 16.8. The van der Waals surface area contributed by atoms with Crippen LogP contribution in [0.15, 0.2) is 29.5 Å². The Morgan fingerprint density at radius 3 is 2.82 bits per heavy atom. The molecular weight excluding hydrogens is 378 g/mol. The third-order valence-electron chi connectivity index (χ3n) is 4.59. The number of aromatic nitrogens is 4. The van der Waals surface area contributed by atoms with Gasteiger partial charge in [-0.2, -0.15) is 0 Å². The van der Waals surface area contributed by atoms with Crippen molar-refractivity contribution in [3.05, 3.63) is 46.1 Å². The Hall–Kier alpha value is -3.20. The molecule has 0 aliphatic heterocycles. The standard InChI is InChI=1S/C19H19N5O3S/c1-10-5-14-12(6-13(10)27-4)21-19(28-14)22-15(25)8-24-9-20-16-11(2)7-23(3)18(26)17(16)24/h5-7,9H,8H2,1-4H3,(H,21,22,25). The van der Waals surface area contributed by atoms with Gasteiger partial charge in [0, 0.05) is 19.3 Å². The number of aryl methyl sites for hydroxylation is 3. The Kier molecular flexibility index (Phi) is 4.38. The highest BCUT2D eigenvalue weighted by Crippen LogP contribution is 2.31. The summed E-state index contributed by atoms with van der Waals surface area (Å²) in [5, 5.41) is 3.31. The van der Waals surface area contributed by atoms with Crippen molar-refractivity contribution in [1.82, 2.24) is 19.1 Å². The number of thiazole rings is 1. The van der Waals surface area contributed by atoms with Gasteiger partial charge in [0.2, 0.25) is 5.91 Å². The van der Waals surface area contributed by atoms with Gasteiger partial charge in [-0.1, -0.05) is 11.3 Å². The smallest absolute Gasteiger partial charge is 0.276 e. The van der Waals surface area contributed by atoms with Gasteiger partial charge in [0.1, 0.15) is 17.8 Å². The molecule has 0 saturated carbocycles. The van der Waals surface area contributed by atoms with E-state index in [1.165, 1.54) is 22.2 Å². The molecule has 3 aromatic heterocycles. The van der Waals surface area contributed by atoms with Gasteiger partial charge < -0.3 is 19.2 Å². The summed E-state index contributed by atoms with van der Waals surface area (Å²) in [6.45, 7) is 3.83. The molecule has 144 valence electrons. The number of pyridine rings is 1. The Morgan fingerprint density at radius 1 is 1.29 bits per heavy atom. The average molecular weight is 397 g/mol. The molecular formula is C19H19N5O3S. The molecule has 0 saturated heterocycles. The summed E-state index contributed by atoms with van der Waals surface area (Å²) in [5.74, 6) is 0.484. The van der Waals surface area contributed by atoms with E-state index in [9.17, 15) is 9.59 Å². The number of benzene rings is 1. The maximum Gasteiger partial charge on any atom is 0.276 e. The maximum atomic E-state index is 12.5. The molecule has 4 rings (SSSR count). The predicted octanol–water partition coefficient (Wildman–Crippen LogP) is 2.61. The summed E-state index contributed by atoms with van der Waals surface area (Å²) in [6.07, 6.45) is 3.25. The molecule has 0 atom stereocenters. The molecule has 4 aromatic rings. The summed E-state index contributed by atoms with van der Waals surface area (Å²) in [5.41, 5.74) is 3.49. The van der Waals surface area contributed by atoms with Gasteiger partial charge >= 0.3 is 0 Å². The maximum absolute atomic E-state index is 12.5. The Morgan fingerprint density at radius 2 is 2.07 bits per heavy atom. The second-order valence-electron chi connectivity index (χ2n) is 6.65. The molecule has 1 aromatic carbocycles. The largest absolute Gasteiger partial charge is 0.496 e. The fourth-order valence-electron chi connectivity index (χ4n) is 3.24. The number of anilines is 1. The number of fused-ring (bicyclic) bond motifs is 2. The predicted molar refractivity (Wildman–Crippen MR) is 109 cm³/mol. The van der Waals surface area contributed by atoms with Gasteiger partial charge in [-0.15, -0.1) is 0 Å². The molecule has 0 unspecified atom stereocenters. The van der Waals surface area contributed by atoms with Gasteiger partial charge in [0.15, 0.2) is 5.13 Å². The Balaban J connectivity index is 1.61. The van der Waals surface area contributed by atoms with Crippen LogP contribution in [0.5, 0.6) is 5.75 Å². The lowest BCUT2D eigenvalue weighted by Crippen LogP contribution is -2.23. The minimum absolute atomic E-state index is 0.0204. The first-order chi connectivity index (χ1) is 13.4. The lowest BCUT2D eigenvalue weighted by atomic mass is 10.2. The number of hydrogen-bond donors (Lipinski definition) is 1. The average Bonchev–Trinajstić information content (AvgIpc) is 3.22. The van der Waals surface area contributed by atoms with Crippen molar-refractivity contribution < 1.29 is 9.53 Å². The Bertz CT molecular complexity index is 1280. The van der Waals surface area contributed by atoms with Crippen LogP contribution in [0, 0.1) is 13.8 Å². The fourth-order valence-corrected chi connectivity index (χ4v) is 4.20. The molecule has 0 radical (unpaired) electrons. The second-order valence-corrected chi connectivity index (χ2v) is 7.69. The van der Waals surface area contributed by atoms with Gasteiger partial charge in [-0.3, -0.25) is 9.59 Å². The summed E-state index contributed by atoms with van der Waals surface area (Å²) in [4.78, 5) is 33.7.